The Morgan fingerprint density at radius 1 is 1.12 bits per heavy atom. The second-order valence-corrected chi connectivity index (χ2v) is 2.68. The van der Waals surface area contributed by atoms with Crippen LogP contribution in [0.15, 0.2) is 0 Å². The first-order valence-electron chi connectivity index (χ1n) is 3.60. The van der Waals surface area contributed by atoms with Gasteiger partial charge in [-0.15, -0.1) is 0 Å². The topological polar surface area (TPSA) is 66.4 Å². The van der Waals surface area contributed by atoms with Gasteiger partial charge in [-0.3, -0.25) is 4.79 Å². The van der Waals surface area contributed by atoms with E-state index in [4.69, 9.17) is 5.11 Å². The first kappa shape index (κ1) is 14.5. The van der Waals surface area contributed by atoms with Crippen LogP contribution in [-0.4, -0.2) is 35.4 Å². The minimum absolute atomic E-state index is 0.729. The van der Waals surface area contributed by atoms with Gasteiger partial charge in [0.25, 0.3) is 0 Å². The van der Waals surface area contributed by atoms with E-state index in [2.05, 4.69) is 0 Å². The molecule has 0 aliphatic heterocycles. The van der Waals surface area contributed by atoms with Crippen LogP contribution in [0.2, 0.25) is 0 Å². The van der Waals surface area contributed by atoms with Gasteiger partial charge in [0, 0.05) is 0 Å². The molecular formula is C6H5F6NO3. The Morgan fingerprint density at radius 2 is 1.56 bits per heavy atom. The van der Waals surface area contributed by atoms with Gasteiger partial charge in [0.05, 0.1) is 6.42 Å². The molecular weight excluding hydrogens is 248 g/mol. The van der Waals surface area contributed by atoms with Gasteiger partial charge in [0.1, 0.15) is 6.04 Å². The van der Waals surface area contributed by atoms with Crippen molar-refractivity contribution in [2.24, 2.45) is 0 Å². The number of carbonyl (C=O) groups excluding carboxylic acids is 1. The lowest BCUT2D eigenvalue weighted by Crippen LogP contribution is -2.48. The lowest BCUT2D eigenvalue weighted by atomic mass is 10.2. The molecule has 0 saturated heterocycles. The van der Waals surface area contributed by atoms with Crippen molar-refractivity contribution in [3.63, 3.8) is 0 Å². The Kier molecular flexibility index (Phi) is 4.15. The SMILES string of the molecule is O=C(O)[C@@H](CC(F)(F)F)NC(=O)C(F)(F)F. The molecule has 0 unspecified atom stereocenters. The van der Waals surface area contributed by atoms with E-state index in [1.165, 1.54) is 0 Å². The maximum Gasteiger partial charge on any atom is 0.471 e. The van der Waals surface area contributed by atoms with Gasteiger partial charge in [-0.05, 0) is 0 Å². The van der Waals surface area contributed by atoms with Crippen molar-refractivity contribution in [3.8, 4) is 0 Å². The van der Waals surface area contributed by atoms with E-state index in [9.17, 15) is 35.9 Å². The average molecular weight is 253 g/mol. The van der Waals surface area contributed by atoms with Crippen LogP contribution in [-0.2, 0) is 9.59 Å². The van der Waals surface area contributed by atoms with Gasteiger partial charge in [-0.1, -0.05) is 0 Å². The van der Waals surface area contributed by atoms with Crippen molar-refractivity contribution in [1.82, 2.24) is 5.32 Å². The molecule has 0 aliphatic rings. The summed E-state index contributed by atoms with van der Waals surface area (Å²) in [4.78, 5) is 20.4. The van der Waals surface area contributed by atoms with Gasteiger partial charge < -0.3 is 10.4 Å². The summed E-state index contributed by atoms with van der Waals surface area (Å²) in [5.74, 6) is -4.93. The Morgan fingerprint density at radius 3 is 1.81 bits per heavy atom. The number of carboxylic acids is 1. The maximum absolute atomic E-state index is 11.7. The molecule has 0 saturated carbocycles. The smallest absolute Gasteiger partial charge is 0.471 e. The minimum atomic E-state index is -5.43. The Labute approximate surface area is 84.2 Å². The first-order valence-corrected chi connectivity index (χ1v) is 3.60. The zero-order valence-corrected chi connectivity index (χ0v) is 7.32. The van der Waals surface area contributed by atoms with Gasteiger partial charge >= 0.3 is 24.2 Å². The summed E-state index contributed by atoms with van der Waals surface area (Å²) in [5, 5.41) is 8.90. The summed E-state index contributed by atoms with van der Waals surface area (Å²) in [7, 11) is 0. The fourth-order valence-corrected chi connectivity index (χ4v) is 0.672. The molecule has 10 heteroatoms. The highest BCUT2D eigenvalue weighted by Crippen LogP contribution is 2.22. The molecule has 1 atom stereocenters. The fraction of sp³-hybridized carbons (Fsp3) is 0.667. The molecule has 0 aromatic heterocycles. The zero-order valence-electron chi connectivity index (χ0n) is 7.32. The summed E-state index contributed by atoms with van der Waals surface area (Å²) >= 11 is 0. The van der Waals surface area contributed by atoms with Crippen LogP contribution in [0.1, 0.15) is 6.42 Å². The predicted molar refractivity (Wildman–Crippen MR) is 36.3 cm³/mol. The van der Waals surface area contributed by atoms with Gasteiger partial charge in [0.2, 0.25) is 0 Å². The standard InChI is InChI=1S/C6H5F6NO3/c7-5(8,9)1-2(3(14)15)13-4(16)6(10,11)12/h2H,1H2,(H,13,16)(H,14,15)/t2-/m1/s1. The highest BCUT2D eigenvalue weighted by atomic mass is 19.4. The summed E-state index contributed by atoms with van der Waals surface area (Å²) in [6.07, 6.45) is -12.5. The lowest BCUT2D eigenvalue weighted by Gasteiger charge is -2.16. The third-order valence-corrected chi connectivity index (χ3v) is 1.30. The van der Waals surface area contributed by atoms with Crippen LogP contribution in [0.4, 0.5) is 26.3 Å². The summed E-state index contributed by atoms with van der Waals surface area (Å²) in [6.45, 7) is 0. The second kappa shape index (κ2) is 4.58. The summed E-state index contributed by atoms with van der Waals surface area (Å²) in [5.41, 5.74) is 0. The molecule has 2 N–H and O–H groups in total. The summed E-state index contributed by atoms with van der Waals surface area (Å²) in [6, 6.07) is -2.66. The summed E-state index contributed by atoms with van der Waals surface area (Å²) < 4.78 is 70.0. The van der Waals surface area contributed by atoms with Crippen LogP contribution >= 0.6 is 0 Å². The zero-order chi connectivity index (χ0) is 13.1. The van der Waals surface area contributed by atoms with Crippen molar-refractivity contribution < 1.29 is 41.0 Å². The highest BCUT2D eigenvalue weighted by Gasteiger charge is 2.43. The van der Waals surface area contributed by atoms with Crippen molar-refractivity contribution in [1.29, 1.82) is 0 Å². The number of carbonyl (C=O) groups is 2. The number of nitrogens with one attached hydrogen (secondary N) is 1. The van der Waals surface area contributed by atoms with Crippen molar-refractivity contribution in [2.75, 3.05) is 0 Å². The monoisotopic (exact) mass is 253 g/mol. The molecule has 0 aliphatic carbocycles. The van der Waals surface area contributed by atoms with Crippen LogP contribution in [0.25, 0.3) is 0 Å². The molecule has 4 nitrogen and oxygen atoms in total. The quantitative estimate of drug-likeness (QED) is 0.739. The number of halogens is 6. The molecule has 0 rings (SSSR count). The number of amides is 1. The van der Waals surface area contributed by atoms with E-state index in [1.54, 1.807) is 0 Å². The van der Waals surface area contributed by atoms with E-state index in [-0.39, 0.29) is 0 Å². The van der Waals surface area contributed by atoms with Crippen molar-refractivity contribution >= 4 is 11.9 Å². The molecule has 94 valence electrons. The molecule has 0 aromatic rings. The number of hydrogen-bond donors (Lipinski definition) is 2. The van der Waals surface area contributed by atoms with E-state index in [1.807, 2.05) is 0 Å². The lowest BCUT2D eigenvalue weighted by molar-refractivity contribution is -0.179. The minimum Gasteiger partial charge on any atom is -0.480 e. The van der Waals surface area contributed by atoms with Crippen LogP contribution < -0.4 is 5.32 Å². The largest absolute Gasteiger partial charge is 0.480 e. The molecule has 0 spiro atoms. The van der Waals surface area contributed by atoms with Crippen LogP contribution in [0, 0.1) is 0 Å². The number of aliphatic carboxylic acids is 1. The number of rotatable bonds is 3. The van der Waals surface area contributed by atoms with E-state index < -0.39 is 36.7 Å². The van der Waals surface area contributed by atoms with Crippen molar-refractivity contribution in [3.05, 3.63) is 0 Å². The molecule has 16 heavy (non-hydrogen) atoms. The molecule has 0 bridgehead atoms. The van der Waals surface area contributed by atoms with Crippen LogP contribution in [0.5, 0.6) is 0 Å². The molecule has 0 fully saturated rings. The fourth-order valence-electron chi connectivity index (χ4n) is 0.672. The molecule has 1 amide bonds. The van der Waals surface area contributed by atoms with Gasteiger partial charge in [-0.25, -0.2) is 4.79 Å². The number of carboxylic acid groups (broad SMARTS) is 1. The van der Waals surface area contributed by atoms with E-state index >= 15 is 0 Å². The third-order valence-electron chi connectivity index (χ3n) is 1.30. The van der Waals surface area contributed by atoms with Crippen molar-refractivity contribution in [2.45, 2.75) is 24.8 Å². The Balaban J connectivity index is 4.60. The predicted octanol–water partition coefficient (Wildman–Crippen LogP) is 1.07. The van der Waals surface area contributed by atoms with E-state index in [0.717, 1.165) is 5.32 Å². The normalized spacial score (nSPS) is 14.4. The highest BCUT2D eigenvalue weighted by molar-refractivity contribution is 5.86. The Hall–Kier alpha value is -1.48. The number of hydrogen-bond acceptors (Lipinski definition) is 2. The van der Waals surface area contributed by atoms with Gasteiger partial charge in [-0.2, -0.15) is 26.3 Å². The number of alkyl halides is 6. The molecule has 0 heterocycles. The third kappa shape index (κ3) is 5.41. The molecule has 0 radical (unpaired) electrons. The van der Waals surface area contributed by atoms with Crippen LogP contribution in [0.3, 0.4) is 0 Å². The molecule has 0 aromatic carbocycles. The maximum atomic E-state index is 11.7. The van der Waals surface area contributed by atoms with E-state index in [0.29, 0.717) is 0 Å². The average Bonchev–Trinajstić information content (AvgIpc) is 1.98. The first-order chi connectivity index (χ1) is 6.93. The Bertz CT molecular complexity index is 283. The second-order valence-electron chi connectivity index (χ2n) is 2.68. The van der Waals surface area contributed by atoms with Gasteiger partial charge in [0.15, 0.2) is 0 Å².